The zero-order valence-electron chi connectivity index (χ0n) is 75.4. The van der Waals surface area contributed by atoms with Gasteiger partial charge in [0, 0.05) is 33.1 Å². The van der Waals surface area contributed by atoms with Crippen LogP contribution in [0, 0.1) is 5.92 Å². The van der Waals surface area contributed by atoms with Crippen LogP contribution in [0.5, 0.6) is 0 Å². The molecule has 0 radical (unpaired) electrons. The van der Waals surface area contributed by atoms with Crippen molar-refractivity contribution in [3.63, 3.8) is 0 Å². The zero-order chi connectivity index (χ0) is 96.0. The van der Waals surface area contributed by atoms with Crippen molar-refractivity contribution in [3.8, 4) is 0 Å². The number of carbonyl (C=O) groups excluding carboxylic acids is 4. The fourth-order valence-electron chi connectivity index (χ4n) is 16.9. The van der Waals surface area contributed by atoms with Gasteiger partial charge in [-0.25, -0.2) is 14.4 Å². The van der Waals surface area contributed by atoms with Crippen LogP contribution in [0.2, 0.25) is 0 Å². The van der Waals surface area contributed by atoms with Crippen LogP contribution in [0.15, 0.2) is 0 Å². The van der Waals surface area contributed by atoms with Gasteiger partial charge in [-0.1, -0.05) is 207 Å². The molecule has 129 heavy (non-hydrogen) atoms. The Morgan fingerprint density at radius 1 is 0.442 bits per heavy atom. The maximum Gasteiger partial charge on any atom is 0.364 e. The van der Waals surface area contributed by atoms with Gasteiger partial charge < -0.3 is 181 Å². The average Bonchev–Trinajstić information content (AvgIpc) is 0.746. The summed E-state index contributed by atoms with van der Waals surface area (Å²) in [6.07, 6.45) is -26.6. The Hall–Kier alpha value is -4.87. The van der Waals surface area contributed by atoms with E-state index in [0.29, 0.717) is 31.6 Å². The molecule has 43 nitrogen and oxygen atoms in total. The second-order valence-corrected chi connectivity index (χ2v) is 35.6. The van der Waals surface area contributed by atoms with E-state index >= 15 is 0 Å². The molecule has 33 atom stereocenters. The molecule has 0 aromatic carbocycles. The first-order valence-corrected chi connectivity index (χ1v) is 46.3. The van der Waals surface area contributed by atoms with Gasteiger partial charge in [0.2, 0.25) is 23.6 Å². The summed E-state index contributed by atoms with van der Waals surface area (Å²) in [5, 5.41) is 253. The van der Waals surface area contributed by atoms with Crippen molar-refractivity contribution in [2.45, 2.75) is 454 Å². The number of carboxylic acids is 3. The average molecular weight is 1870 g/mol. The van der Waals surface area contributed by atoms with E-state index in [0.717, 1.165) is 90.9 Å². The maximum atomic E-state index is 14.3. The van der Waals surface area contributed by atoms with Crippen LogP contribution in [0.25, 0.3) is 0 Å². The molecule has 5 saturated heterocycles. The zero-order valence-corrected chi connectivity index (χ0v) is 75.4. The summed E-state index contributed by atoms with van der Waals surface area (Å²) in [7, 11) is 0. The van der Waals surface area contributed by atoms with Gasteiger partial charge in [0.25, 0.3) is 17.4 Å². The molecular formula is C86H154N4O39. The fourth-order valence-corrected chi connectivity index (χ4v) is 16.9. The number of carboxylic acid groups (broad SMARTS) is 3. The molecule has 0 aliphatic carbocycles. The van der Waals surface area contributed by atoms with Gasteiger partial charge in [-0.05, 0) is 25.7 Å². The number of nitrogens with one attached hydrogen (secondary N) is 4. The number of rotatable bonds is 64. The first-order valence-electron chi connectivity index (χ1n) is 46.3. The van der Waals surface area contributed by atoms with E-state index in [1.165, 1.54) is 90.4 Å². The highest BCUT2D eigenvalue weighted by Gasteiger charge is 2.64. The number of carbonyl (C=O) groups is 7. The Morgan fingerprint density at radius 3 is 1.29 bits per heavy atom. The highest BCUT2D eigenvalue weighted by atomic mass is 16.8. The number of ether oxygens (including phenoxy) is 10. The van der Waals surface area contributed by atoms with Gasteiger partial charge >= 0.3 is 17.9 Å². The molecule has 5 aliphatic heterocycles. The van der Waals surface area contributed by atoms with E-state index in [1.54, 1.807) is 0 Å². The number of aliphatic carboxylic acids is 3. The molecule has 33 unspecified atom stereocenters. The van der Waals surface area contributed by atoms with Gasteiger partial charge in [-0.15, -0.1) is 0 Å². The topological polar surface area (TPSA) is 705 Å². The van der Waals surface area contributed by atoms with E-state index in [1.807, 2.05) is 0 Å². The third-order valence-electron chi connectivity index (χ3n) is 25.1. The molecule has 752 valence electrons. The second kappa shape index (κ2) is 57.9. The van der Waals surface area contributed by atoms with E-state index in [9.17, 15) is 146 Å². The van der Waals surface area contributed by atoms with Gasteiger partial charge in [-0.2, -0.15) is 0 Å². The highest BCUT2D eigenvalue weighted by Crippen LogP contribution is 2.43. The maximum absolute atomic E-state index is 14.3. The van der Waals surface area contributed by atoms with Crippen LogP contribution in [0.1, 0.15) is 260 Å². The molecule has 5 aliphatic rings. The van der Waals surface area contributed by atoms with Gasteiger partial charge in [0.05, 0.1) is 87.7 Å². The summed E-state index contributed by atoms with van der Waals surface area (Å²) < 4.78 is 58.4. The number of aliphatic hydroxyl groups excluding tert-OH is 19. The summed E-state index contributed by atoms with van der Waals surface area (Å²) >= 11 is 0. The largest absolute Gasteiger partial charge is 0.477 e. The van der Waals surface area contributed by atoms with Crippen molar-refractivity contribution < 1.29 is 193 Å². The van der Waals surface area contributed by atoms with Crippen LogP contribution < -0.4 is 21.3 Å². The Kier molecular flexibility index (Phi) is 51.4. The lowest BCUT2D eigenvalue weighted by Crippen LogP contribution is -2.72. The van der Waals surface area contributed by atoms with Gasteiger partial charge in [0.1, 0.15) is 116 Å². The van der Waals surface area contributed by atoms with Crippen molar-refractivity contribution in [1.82, 2.24) is 21.3 Å². The highest BCUT2D eigenvalue weighted by molar-refractivity contribution is 5.82. The number of amides is 4. The Morgan fingerprint density at radius 2 is 0.845 bits per heavy atom. The Bertz CT molecular complexity index is 3240. The third-order valence-corrected chi connectivity index (χ3v) is 25.1. The number of aliphatic hydroxyl groups is 19. The van der Waals surface area contributed by atoms with E-state index < -0.39 is 295 Å². The molecule has 26 N–H and O–H groups in total. The number of unbranched alkanes of at least 4 members (excludes halogenated alkanes) is 25. The normalized spacial score (nSPS) is 32.3. The molecule has 0 spiro atoms. The lowest BCUT2D eigenvalue weighted by Gasteiger charge is -2.52. The van der Waals surface area contributed by atoms with Crippen molar-refractivity contribution in [3.05, 3.63) is 0 Å². The molecule has 43 heteroatoms. The summed E-state index contributed by atoms with van der Waals surface area (Å²) in [5.74, 6) is -21.0. The van der Waals surface area contributed by atoms with Crippen LogP contribution in [0.3, 0.4) is 0 Å². The smallest absolute Gasteiger partial charge is 0.364 e. The molecule has 4 amide bonds. The lowest BCUT2D eigenvalue weighted by atomic mass is 9.86. The third kappa shape index (κ3) is 35.0. The predicted molar refractivity (Wildman–Crippen MR) is 450 cm³/mol. The molecule has 0 aromatic rings. The molecule has 5 fully saturated rings. The van der Waals surface area contributed by atoms with E-state index in [2.05, 4.69) is 42.0 Å². The minimum absolute atomic E-state index is 0.0188. The quantitative estimate of drug-likeness (QED) is 0.0280. The molecule has 5 rings (SSSR count). The Labute approximate surface area is 753 Å². The van der Waals surface area contributed by atoms with E-state index in [-0.39, 0.29) is 12.8 Å². The molecule has 0 aromatic heterocycles. The van der Waals surface area contributed by atoms with Crippen LogP contribution in [0.4, 0.5) is 0 Å². The summed E-state index contributed by atoms with van der Waals surface area (Å²) in [6.45, 7) is 1.85. The monoisotopic (exact) mass is 1870 g/mol. The van der Waals surface area contributed by atoms with Crippen LogP contribution >= 0.6 is 0 Å². The van der Waals surface area contributed by atoms with Crippen molar-refractivity contribution in [2.24, 2.45) is 5.92 Å². The summed E-state index contributed by atoms with van der Waals surface area (Å²) in [4.78, 5) is 95.5. The lowest BCUT2D eigenvalue weighted by molar-refractivity contribution is -0.365. The second-order valence-electron chi connectivity index (χ2n) is 35.6. The molecule has 0 saturated carbocycles. The van der Waals surface area contributed by atoms with Crippen molar-refractivity contribution in [2.75, 3.05) is 39.6 Å². The van der Waals surface area contributed by atoms with Crippen LogP contribution in [-0.4, -0.2) is 388 Å². The van der Waals surface area contributed by atoms with Crippen molar-refractivity contribution in [1.29, 1.82) is 0 Å². The first kappa shape index (κ1) is 115. The van der Waals surface area contributed by atoms with Gasteiger partial charge in [-0.3, -0.25) is 19.2 Å². The molecular weight excluding hydrogens is 1710 g/mol. The fraction of sp³-hybridized carbons (Fsp3) is 0.919. The number of hydrogen-bond donors (Lipinski definition) is 26. The minimum Gasteiger partial charge on any atom is -0.477 e. The standard InChI is InChI=1S/C86H154N4O39/c1-7-9-10-11-12-13-14-15-16-17-18-19-20-21-22-23-24-27-31-34-37-53(97)78(113)89-51(66(104)52(96)36-33-30-28-25-26-29-32-35-47(3)8-2)44-120-79-73(111)72(110)70(108)60(125-79)45-121-85(82(116)117)40-59(64(88-50(6)95)77(128-85)69(107)57(101)43-93)126-86(83(118)119)38-54(98)62(75(129-86)67(105)55(99)41-91)90-61(102)46-122-84(81(114)115)39-58(124-80-74(112)71(109)65(103)48(4)123-80)63(87-49(5)94)76(127-84)68(106)56(100)42-92/h47-48,51-60,62-77,79-80,91-93,96-101,103-112H,7-46H2,1-6H3,(H,87,94)(H,88,95)(H,89,113)(H,90,102)(H,114,115)(H,116,117)(H,118,119). The molecule has 5 heterocycles. The van der Waals surface area contributed by atoms with Gasteiger partial charge in [0.15, 0.2) is 12.6 Å². The Balaban J connectivity index is 1.38. The van der Waals surface area contributed by atoms with Crippen LogP contribution in [-0.2, 0) is 80.9 Å². The van der Waals surface area contributed by atoms with E-state index in [4.69, 9.17) is 47.4 Å². The minimum atomic E-state index is -3.60. The molecule has 0 bridgehead atoms. The summed E-state index contributed by atoms with van der Waals surface area (Å²) in [5.41, 5.74) is 0. The number of hydrogen-bond acceptors (Lipinski definition) is 36. The van der Waals surface area contributed by atoms with Crippen molar-refractivity contribution >= 4 is 41.5 Å². The first-order chi connectivity index (χ1) is 61.1. The predicted octanol–water partition coefficient (Wildman–Crippen LogP) is -2.52. The SMILES string of the molecule is CCCCCCCCCCCCCCCCCCCCCCC(O)C(=O)NC(COC1OC(COC2(C(=O)O)CC(OC3(C(=O)O)CC(O)C(NC(=O)COC4(C(=O)O)CC(OC5OC(C)C(O)C(O)C5O)C(NC(C)=O)C(C(O)C(O)CO)O4)C(C(O)C(O)CO)O3)C(NC(C)=O)C(C(O)C(O)CO)O2)C(O)C(O)C1O)C(O)C(O)CCCCCCCCCC(C)CC. The summed E-state index contributed by atoms with van der Waals surface area (Å²) in [6, 6.07) is -7.84.